The number of hydrogen-bond acceptors (Lipinski definition) is 6. The van der Waals surface area contributed by atoms with Crippen LogP contribution in [0.15, 0.2) is 303 Å². The molecule has 0 bridgehead atoms. The molecule has 8 heteroatoms. The van der Waals surface area contributed by atoms with Gasteiger partial charge in [-0.1, -0.05) is 218 Å². The molecule has 0 saturated carbocycles. The number of fused-ring (bicyclic) bond motifs is 13. The number of rotatable bonds is 9. The third-order valence-electron chi connectivity index (χ3n) is 17.7. The molecule has 0 aliphatic rings. The molecule has 18 aromatic rings. The fourth-order valence-electron chi connectivity index (χ4n) is 13.4. The van der Waals surface area contributed by atoms with Gasteiger partial charge >= 0.3 is 0 Å². The molecule has 0 radical (unpaired) electrons. The molecule has 0 aliphatic carbocycles. The minimum absolute atomic E-state index is 0.600. The SMILES string of the molecule is c1ccc(-c2nc(-c3ccccc3)nc(-c3ccc(-n4c5cc6ccccc6cc5c5c6ccc(-c7cccc(-c8nc(-c9ccccc9)nc(-c9ccc(-n%10c%11ccc%12ccccc%12c%11c%11ccc%12ccccc%12c%11%10)cc9)n8)c7)cc6ccc54)cc3)n2)cc1. The first-order valence-corrected chi connectivity index (χ1v) is 30.3. The predicted octanol–water partition coefficient (Wildman–Crippen LogP) is 20.5. The van der Waals surface area contributed by atoms with E-state index in [0.29, 0.717) is 34.9 Å². The van der Waals surface area contributed by atoms with E-state index in [9.17, 15) is 0 Å². The molecule has 0 amide bonds. The van der Waals surface area contributed by atoms with Crippen LogP contribution in [-0.2, 0) is 0 Å². The average molecular weight is 1150 g/mol. The summed E-state index contributed by atoms with van der Waals surface area (Å²) >= 11 is 0. The highest BCUT2D eigenvalue weighted by molar-refractivity contribution is 6.26. The highest BCUT2D eigenvalue weighted by Crippen LogP contribution is 2.43. The fourth-order valence-corrected chi connectivity index (χ4v) is 13.4. The Bertz CT molecular complexity index is 5820. The zero-order valence-electron chi connectivity index (χ0n) is 48.4. The van der Waals surface area contributed by atoms with Gasteiger partial charge in [0.15, 0.2) is 34.9 Å². The lowest BCUT2D eigenvalue weighted by Gasteiger charge is -2.12. The predicted molar refractivity (Wildman–Crippen MR) is 370 cm³/mol. The Hall–Kier alpha value is -12.3. The van der Waals surface area contributed by atoms with E-state index in [1.54, 1.807) is 0 Å². The van der Waals surface area contributed by atoms with Gasteiger partial charge in [-0.15, -0.1) is 0 Å². The summed E-state index contributed by atoms with van der Waals surface area (Å²) in [6.45, 7) is 0. The van der Waals surface area contributed by atoms with Gasteiger partial charge < -0.3 is 9.13 Å². The van der Waals surface area contributed by atoms with Crippen molar-refractivity contribution < 1.29 is 0 Å². The van der Waals surface area contributed by atoms with E-state index in [4.69, 9.17) is 29.9 Å². The van der Waals surface area contributed by atoms with Crippen LogP contribution in [0.4, 0.5) is 0 Å². The minimum atomic E-state index is 0.600. The van der Waals surface area contributed by atoms with Crippen LogP contribution >= 0.6 is 0 Å². The molecule has 0 unspecified atom stereocenters. The van der Waals surface area contributed by atoms with Crippen molar-refractivity contribution in [1.82, 2.24) is 39.0 Å². The van der Waals surface area contributed by atoms with Crippen LogP contribution < -0.4 is 0 Å². The third kappa shape index (κ3) is 8.53. The lowest BCUT2D eigenvalue weighted by atomic mass is 9.97. The van der Waals surface area contributed by atoms with Gasteiger partial charge in [-0.2, -0.15) is 0 Å². The molecule has 418 valence electrons. The molecule has 0 fully saturated rings. The van der Waals surface area contributed by atoms with Crippen LogP contribution in [0.5, 0.6) is 0 Å². The first kappa shape index (κ1) is 51.0. The molecule has 14 aromatic carbocycles. The summed E-state index contributed by atoms with van der Waals surface area (Å²) < 4.78 is 4.81. The first-order valence-electron chi connectivity index (χ1n) is 30.3. The largest absolute Gasteiger partial charge is 0.309 e. The maximum atomic E-state index is 5.27. The van der Waals surface area contributed by atoms with Crippen LogP contribution in [0.3, 0.4) is 0 Å². The van der Waals surface area contributed by atoms with Crippen LogP contribution in [0.2, 0.25) is 0 Å². The van der Waals surface area contributed by atoms with Crippen molar-refractivity contribution in [2.24, 2.45) is 0 Å². The van der Waals surface area contributed by atoms with Gasteiger partial charge in [0.1, 0.15) is 0 Å². The normalized spacial score (nSPS) is 11.8. The van der Waals surface area contributed by atoms with Crippen molar-refractivity contribution >= 4 is 86.7 Å². The quantitative estimate of drug-likeness (QED) is 0.143. The smallest absolute Gasteiger partial charge is 0.164 e. The number of hydrogen-bond donors (Lipinski definition) is 0. The molecule has 4 heterocycles. The Morgan fingerprint density at radius 2 is 0.567 bits per heavy atom. The summed E-state index contributed by atoms with van der Waals surface area (Å²) in [4.78, 5) is 30.6. The van der Waals surface area contributed by atoms with Crippen LogP contribution in [0, 0.1) is 0 Å². The van der Waals surface area contributed by atoms with E-state index in [1.165, 1.54) is 64.8 Å². The molecule has 0 N–H and O–H groups in total. The minimum Gasteiger partial charge on any atom is -0.309 e. The van der Waals surface area contributed by atoms with Gasteiger partial charge in [0.2, 0.25) is 0 Å². The van der Waals surface area contributed by atoms with Gasteiger partial charge in [-0.05, 0) is 134 Å². The summed E-state index contributed by atoms with van der Waals surface area (Å²) in [5.74, 6) is 3.70. The van der Waals surface area contributed by atoms with Gasteiger partial charge in [0, 0.05) is 71.7 Å². The summed E-state index contributed by atoms with van der Waals surface area (Å²) in [6, 6.07) is 107. The lowest BCUT2D eigenvalue weighted by Crippen LogP contribution is -2.01. The molecular weight excluding hydrogens is 1100 g/mol. The molecule has 8 nitrogen and oxygen atoms in total. The van der Waals surface area contributed by atoms with Crippen molar-refractivity contribution in [3.05, 3.63) is 303 Å². The molecule has 4 aromatic heterocycles. The van der Waals surface area contributed by atoms with Crippen molar-refractivity contribution in [2.45, 2.75) is 0 Å². The molecular formula is C82H50N8. The summed E-state index contributed by atoms with van der Waals surface area (Å²) in [5, 5.41) is 14.5. The summed E-state index contributed by atoms with van der Waals surface area (Å²) in [6.07, 6.45) is 0. The zero-order chi connectivity index (χ0) is 59.2. The summed E-state index contributed by atoms with van der Waals surface area (Å²) in [5.41, 5.74) is 14.4. The first-order chi connectivity index (χ1) is 44.6. The highest BCUT2D eigenvalue weighted by Gasteiger charge is 2.21. The Morgan fingerprint density at radius 3 is 1.16 bits per heavy atom. The Balaban J connectivity index is 0.720. The molecule has 0 atom stereocenters. The maximum absolute atomic E-state index is 5.27. The van der Waals surface area contributed by atoms with Gasteiger partial charge in [0.05, 0.1) is 22.1 Å². The van der Waals surface area contributed by atoms with Crippen LogP contribution in [0.1, 0.15) is 0 Å². The summed E-state index contributed by atoms with van der Waals surface area (Å²) in [7, 11) is 0. The highest BCUT2D eigenvalue weighted by atomic mass is 15.0. The fraction of sp³-hybridized carbons (Fsp3) is 0. The second-order valence-corrected chi connectivity index (χ2v) is 23.0. The van der Waals surface area contributed by atoms with Crippen LogP contribution in [0.25, 0.3) is 178 Å². The van der Waals surface area contributed by atoms with E-state index in [-0.39, 0.29) is 0 Å². The van der Waals surface area contributed by atoms with Gasteiger partial charge in [-0.25, -0.2) is 29.9 Å². The Labute approximate surface area is 517 Å². The standard InChI is InChI=1S/C82H50N8/c1-4-19-53(20-5-1)77-83-78(54-21-6-2-7-22-54)85-80(84-77)56-31-39-64(40-32-56)89-71-46-38-62-47-61(36-43-67(62)75(71)70-49-59-25-10-11-26-60(59)50-73(70)89)58-27-16-28-63(48-58)82-87-79(55-23-8-3-9-24-55)86-81(88-82)57-33-41-65(42-34-57)90-72-45-37-51-17-12-14-29-66(51)74(72)69-44-35-52-18-13-15-30-68(52)76(69)90/h1-50H. The number of benzene rings is 14. The number of nitrogens with zero attached hydrogens (tertiary/aromatic N) is 8. The molecule has 18 rings (SSSR count). The molecule has 90 heavy (non-hydrogen) atoms. The topological polar surface area (TPSA) is 87.2 Å². The van der Waals surface area contributed by atoms with E-state index < -0.39 is 0 Å². The monoisotopic (exact) mass is 1150 g/mol. The number of aromatic nitrogens is 8. The van der Waals surface area contributed by atoms with Gasteiger partial charge in [0.25, 0.3) is 0 Å². The van der Waals surface area contributed by atoms with E-state index in [0.717, 1.165) is 77.8 Å². The zero-order valence-corrected chi connectivity index (χ0v) is 48.4. The average Bonchev–Trinajstić information content (AvgIpc) is 1.62. The second kappa shape index (κ2) is 20.7. The van der Waals surface area contributed by atoms with Crippen molar-refractivity contribution in [2.75, 3.05) is 0 Å². The second-order valence-electron chi connectivity index (χ2n) is 23.0. The maximum Gasteiger partial charge on any atom is 0.164 e. The van der Waals surface area contributed by atoms with E-state index >= 15 is 0 Å². The Morgan fingerprint density at radius 1 is 0.189 bits per heavy atom. The van der Waals surface area contributed by atoms with Crippen molar-refractivity contribution in [1.29, 1.82) is 0 Å². The Kier molecular flexibility index (Phi) is 11.7. The van der Waals surface area contributed by atoms with Crippen molar-refractivity contribution in [3.63, 3.8) is 0 Å². The van der Waals surface area contributed by atoms with E-state index in [1.807, 2.05) is 78.9 Å². The van der Waals surface area contributed by atoms with Crippen molar-refractivity contribution in [3.8, 4) is 90.8 Å². The molecule has 0 saturated heterocycles. The van der Waals surface area contributed by atoms with Gasteiger partial charge in [-0.3, -0.25) is 0 Å². The third-order valence-corrected chi connectivity index (χ3v) is 17.7. The molecule has 0 aliphatic heterocycles. The lowest BCUT2D eigenvalue weighted by molar-refractivity contribution is 1.07. The van der Waals surface area contributed by atoms with Crippen LogP contribution in [-0.4, -0.2) is 39.0 Å². The van der Waals surface area contributed by atoms with E-state index in [2.05, 4.69) is 234 Å². The molecule has 0 spiro atoms.